The second-order valence-corrected chi connectivity index (χ2v) is 7.78. The fourth-order valence-electron chi connectivity index (χ4n) is 3.76. The van der Waals surface area contributed by atoms with Crippen molar-refractivity contribution >= 4 is 12.1 Å². The van der Waals surface area contributed by atoms with E-state index in [4.69, 9.17) is 9.47 Å². The van der Waals surface area contributed by atoms with Gasteiger partial charge in [-0.1, -0.05) is 6.42 Å². The molecule has 1 spiro atoms. The number of carbonyl (C=O) groups is 2. The third-order valence-electron chi connectivity index (χ3n) is 4.95. The van der Waals surface area contributed by atoms with Gasteiger partial charge in [-0.2, -0.15) is 0 Å². The first-order chi connectivity index (χ1) is 10.2. The lowest BCUT2D eigenvalue weighted by atomic mass is 9.64. The smallest absolute Gasteiger partial charge is 0.410 e. The van der Waals surface area contributed by atoms with Crippen LogP contribution in [0.15, 0.2) is 0 Å². The Kier molecular flexibility index (Phi) is 5.03. The van der Waals surface area contributed by atoms with Crippen LogP contribution < -0.4 is 0 Å². The number of esters is 1. The monoisotopic (exact) mass is 311 g/mol. The van der Waals surface area contributed by atoms with Gasteiger partial charge in [0.05, 0.1) is 13.0 Å². The van der Waals surface area contributed by atoms with Crippen LogP contribution in [-0.4, -0.2) is 42.8 Å². The molecule has 0 aromatic carbocycles. The van der Waals surface area contributed by atoms with Crippen molar-refractivity contribution in [3.63, 3.8) is 0 Å². The Labute approximate surface area is 133 Å². The number of ether oxygens (including phenoxy) is 2. The van der Waals surface area contributed by atoms with Crippen molar-refractivity contribution in [2.75, 3.05) is 20.2 Å². The van der Waals surface area contributed by atoms with Gasteiger partial charge in [-0.05, 0) is 58.3 Å². The summed E-state index contributed by atoms with van der Waals surface area (Å²) in [7, 11) is 1.47. The number of piperidine rings is 1. The van der Waals surface area contributed by atoms with Crippen LogP contribution in [0.25, 0.3) is 0 Å². The predicted molar refractivity (Wildman–Crippen MR) is 83.4 cm³/mol. The fraction of sp³-hybridized carbons (Fsp3) is 0.882. The average Bonchev–Trinajstić information content (AvgIpc) is 2.45. The Morgan fingerprint density at radius 1 is 1.14 bits per heavy atom. The van der Waals surface area contributed by atoms with Gasteiger partial charge in [-0.3, -0.25) is 4.79 Å². The molecule has 22 heavy (non-hydrogen) atoms. The molecule has 1 heterocycles. The molecule has 1 saturated carbocycles. The minimum absolute atomic E-state index is 0.0341. The summed E-state index contributed by atoms with van der Waals surface area (Å²) in [4.78, 5) is 25.8. The van der Waals surface area contributed by atoms with Crippen LogP contribution in [0.5, 0.6) is 0 Å². The normalized spacial score (nSPS) is 24.9. The zero-order valence-electron chi connectivity index (χ0n) is 14.3. The zero-order chi connectivity index (χ0) is 16.4. The van der Waals surface area contributed by atoms with E-state index in [0.717, 1.165) is 51.6 Å². The third kappa shape index (κ3) is 4.14. The van der Waals surface area contributed by atoms with Crippen LogP contribution in [0.2, 0.25) is 0 Å². The van der Waals surface area contributed by atoms with Gasteiger partial charge in [0, 0.05) is 13.1 Å². The molecule has 2 fully saturated rings. The minimum Gasteiger partial charge on any atom is -0.469 e. The lowest BCUT2D eigenvalue weighted by molar-refractivity contribution is -0.148. The van der Waals surface area contributed by atoms with E-state index >= 15 is 0 Å². The number of hydrogen-bond acceptors (Lipinski definition) is 4. The number of hydrogen-bond donors (Lipinski definition) is 0. The summed E-state index contributed by atoms with van der Waals surface area (Å²) in [6, 6.07) is 0. The van der Waals surface area contributed by atoms with Crippen molar-refractivity contribution in [3.05, 3.63) is 0 Å². The summed E-state index contributed by atoms with van der Waals surface area (Å²) < 4.78 is 10.4. The zero-order valence-corrected chi connectivity index (χ0v) is 14.3. The molecular weight excluding hydrogens is 282 g/mol. The summed E-state index contributed by atoms with van der Waals surface area (Å²) in [6.45, 7) is 7.11. The molecule has 0 bridgehead atoms. The van der Waals surface area contributed by atoms with Crippen LogP contribution in [0, 0.1) is 11.3 Å². The number of methoxy groups -OCH3 is 1. The van der Waals surface area contributed by atoms with Crippen molar-refractivity contribution in [1.29, 1.82) is 0 Å². The highest BCUT2D eigenvalue weighted by atomic mass is 16.6. The van der Waals surface area contributed by atoms with Crippen LogP contribution in [0.1, 0.15) is 59.3 Å². The van der Waals surface area contributed by atoms with Crippen LogP contribution in [-0.2, 0) is 14.3 Å². The maximum absolute atomic E-state index is 12.1. The molecule has 2 rings (SSSR count). The van der Waals surface area contributed by atoms with Gasteiger partial charge in [0.1, 0.15) is 5.60 Å². The van der Waals surface area contributed by atoms with Gasteiger partial charge in [-0.15, -0.1) is 0 Å². The van der Waals surface area contributed by atoms with Crippen molar-refractivity contribution < 1.29 is 19.1 Å². The Bertz CT molecular complexity index is 419. The second kappa shape index (κ2) is 6.47. The van der Waals surface area contributed by atoms with Crippen LogP contribution >= 0.6 is 0 Å². The summed E-state index contributed by atoms with van der Waals surface area (Å²) in [5.74, 6) is -0.0412. The molecule has 2 aliphatic rings. The highest BCUT2D eigenvalue weighted by molar-refractivity contribution is 5.72. The summed E-state index contributed by atoms with van der Waals surface area (Å²) in [5, 5.41) is 0. The van der Waals surface area contributed by atoms with E-state index in [1.807, 2.05) is 20.8 Å². The van der Waals surface area contributed by atoms with Gasteiger partial charge in [0.15, 0.2) is 0 Å². The first kappa shape index (κ1) is 17.1. The molecule has 1 atom stereocenters. The van der Waals surface area contributed by atoms with Crippen LogP contribution in [0.3, 0.4) is 0 Å². The average molecular weight is 311 g/mol. The Morgan fingerprint density at radius 2 is 1.77 bits per heavy atom. The van der Waals surface area contributed by atoms with Gasteiger partial charge >= 0.3 is 12.1 Å². The number of carbonyl (C=O) groups excluding carboxylic acids is 2. The molecule has 5 heteroatoms. The van der Waals surface area contributed by atoms with Gasteiger partial charge in [0.25, 0.3) is 0 Å². The first-order valence-electron chi connectivity index (χ1n) is 8.30. The SMILES string of the molecule is COC(=O)C1CCCC2(CCN(C(=O)OC(C)(C)C)CC2)C1. The molecule has 5 nitrogen and oxygen atoms in total. The van der Waals surface area contributed by atoms with E-state index < -0.39 is 5.60 Å². The molecule has 1 aliphatic heterocycles. The van der Waals surface area contributed by atoms with Crippen molar-refractivity contribution in [2.24, 2.45) is 11.3 Å². The van der Waals surface area contributed by atoms with Crippen molar-refractivity contribution in [1.82, 2.24) is 4.90 Å². The molecular formula is C17H29NO4. The summed E-state index contributed by atoms with van der Waals surface area (Å²) in [6.07, 6.45) is 5.77. The van der Waals surface area contributed by atoms with E-state index in [1.54, 1.807) is 4.90 Å². The number of rotatable bonds is 1. The van der Waals surface area contributed by atoms with Crippen molar-refractivity contribution in [2.45, 2.75) is 64.9 Å². The van der Waals surface area contributed by atoms with Gasteiger partial charge in [-0.25, -0.2) is 4.79 Å². The standard InChI is InChI=1S/C17H29NO4/c1-16(2,3)22-15(20)18-10-8-17(9-11-18)7-5-6-13(12-17)14(19)21-4/h13H,5-12H2,1-4H3. The Hall–Kier alpha value is -1.26. The molecule has 1 amide bonds. The van der Waals surface area contributed by atoms with E-state index in [2.05, 4.69) is 0 Å². The maximum Gasteiger partial charge on any atom is 0.410 e. The topological polar surface area (TPSA) is 55.8 Å². The Balaban J connectivity index is 1.90. The highest BCUT2D eigenvalue weighted by Gasteiger charge is 2.42. The molecule has 1 saturated heterocycles. The van der Waals surface area contributed by atoms with Crippen LogP contribution in [0.4, 0.5) is 4.79 Å². The lowest BCUT2D eigenvalue weighted by Crippen LogP contribution is -2.47. The molecule has 1 unspecified atom stereocenters. The Morgan fingerprint density at radius 3 is 2.32 bits per heavy atom. The molecule has 0 aromatic heterocycles. The maximum atomic E-state index is 12.1. The van der Waals surface area contributed by atoms with Gasteiger partial charge in [0.2, 0.25) is 0 Å². The summed E-state index contributed by atoms with van der Waals surface area (Å²) >= 11 is 0. The molecule has 126 valence electrons. The van der Waals surface area contributed by atoms with Crippen molar-refractivity contribution in [3.8, 4) is 0 Å². The van der Waals surface area contributed by atoms with E-state index in [9.17, 15) is 9.59 Å². The van der Waals surface area contributed by atoms with Gasteiger partial charge < -0.3 is 14.4 Å². The number of likely N-dealkylation sites (tertiary alicyclic amines) is 1. The molecule has 0 radical (unpaired) electrons. The fourth-order valence-corrected chi connectivity index (χ4v) is 3.76. The predicted octanol–water partition coefficient (Wildman–Crippen LogP) is 3.37. The van der Waals surface area contributed by atoms with E-state index in [1.165, 1.54) is 7.11 Å². The quantitative estimate of drug-likeness (QED) is 0.697. The molecule has 0 aromatic rings. The molecule has 1 aliphatic carbocycles. The lowest BCUT2D eigenvalue weighted by Gasteiger charge is -2.46. The summed E-state index contributed by atoms with van der Waals surface area (Å²) in [5.41, 5.74) is -0.247. The third-order valence-corrected chi connectivity index (χ3v) is 4.95. The molecule has 0 N–H and O–H groups in total. The first-order valence-corrected chi connectivity index (χ1v) is 8.30. The highest BCUT2D eigenvalue weighted by Crippen LogP contribution is 2.47. The largest absolute Gasteiger partial charge is 0.469 e. The number of nitrogens with zero attached hydrogens (tertiary/aromatic N) is 1. The minimum atomic E-state index is -0.451. The van der Waals surface area contributed by atoms with E-state index in [0.29, 0.717) is 0 Å². The van der Waals surface area contributed by atoms with E-state index in [-0.39, 0.29) is 23.4 Å². The second-order valence-electron chi connectivity index (χ2n) is 7.78. The number of amides is 1.